The van der Waals surface area contributed by atoms with E-state index in [1.807, 2.05) is 0 Å². The average Bonchev–Trinajstić information content (AvgIpc) is 2.70. The number of methoxy groups -OCH3 is 1. The molecule has 1 fully saturated rings. The molecule has 1 aliphatic heterocycles. The van der Waals surface area contributed by atoms with Gasteiger partial charge in [0.05, 0.1) is 12.2 Å². The Morgan fingerprint density at radius 2 is 2.10 bits per heavy atom. The molecular weight excluding hydrogens is 267 g/mol. The first-order chi connectivity index (χ1) is 9.50. The molecule has 2 rings (SSSR count). The highest BCUT2D eigenvalue weighted by Crippen LogP contribution is 2.37. The lowest BCUT2D eigenvalue weighted by molar-refractivity contribution is -0.163. The van der Waals surface area contributed by atoms with Crippen LogP contribution in [0.3, 0.4) is 0 Å². The van der Waals surface area contributed by atoms with Crippen molar-refractivity contribution in [2.75, 3.05) is 13.7 Å². The normalized spacial score (nSPS) is 33.1. The smallest absolute Gasteiger partial charge is 0.338 e. The topological polar surface area (TPSA) is 65.0 Å². The van der Waals surface area contributed by atoms with E-state index in [4.69, 9.17) is 14.2 Å². The van der Waals surface area contributed by atoms with Gasteiger partial charge in [-0.3, -0.25) is 0 Å². The van der Waals surface area contributed by atoms with E-state index in [9.17, 15) is 14.3 Å². The van der Waals surface area contributed by atoms with Crippen LogP contribution in [0.15, 0.2) is 30.3 Å². The molecule has 4 atom stereocenters. The summed E-state index contributed by atoms with van der Waals surface area (Å²) in [6.07, 6.45) is -3.37. The first kappa shape index (κ1) is 14.9. The van der Waals surface area contributed by atoms with Crippen LogP contribution in [0.25, 0.3) is 0 Å². The third kappa shape index (κ3) is 2.67. The summed E-state index contributed by atoms with van der Waals surface area (Å²) < 4.78 is 29.9. The van der Waals surface area contributed by atoms with Gasteiger partial charge in [0.1, 0.15) is 6.10 Å². The highest BCUT2D eigenvalue weighted by atomic mass is 19.1. The van der Waals surface area contributed by atoms with Gasteiger partial charge in [-0.25, -0.2) is 9.18 Å². The second-order valence-corrected chi connectivity index (χ2v) is 4.77. The van der Waals surface area contributed by atoms with E-state index in [0.717, 1.165) is 0 Å². The minimum absolute atomic E-state index is 0.306. The predicted molar refractivity (Wildman–Crippen MR) is 67.9 cm³/mol. The summed E-state index contributed by atoms with van der Waals surface area (Å²) in [6.45, 7) is 0.756. The van der Waals surface area contributed by atoms with Crippen LogP contribution in [-0.4, -0.2) is 49.0 Å². The number of halogens is 1. The molecule has 6 heteroatoms. The van der Waals surface area contributed by atoms with Crippen molar-refractivity contribution in [3.8, 4) is 0 Å². The van der Waals surface area contributed by atoms with Crippen molar-refractivity contribution < 1.29 is 28.5 Å². The minimum atomic E-state index is -2.04. The number of hydrogen-bond donors (Lipinski definition) is 1. The molecule has 1 heterocycles. The molecule has 0 saturated carbocycles. The summed E-state index contributed by atoms with van der Waals surface area (Å²) >= 11 is 0. The number of ether oxygens (including phenoxy) is 3. The van der Waals surface area contributed by atoms with E-state index in [-0.39, 0.29) is 0 Å². The summed E-state index contributed by atoms with van der Waals surface area (Å²) in [6, 6.07) is 8.24. The molecule has 1 unspecified atom stereocenters. The number of benzene rings is 1. The van der Waals surface area contributed by atoms with Gasteiger partial charge < -0.3 is 19.3 Å². The molecule has 1 aliphatic rings. The Bertz CT molecular complexity index is 462. The Labute approximate surface area is 116 Å². The third-order valence-corrected chi connectivity index (χ3v) is 3.29. The molecule has 1 N–H and O–H groups in total. The summed E-state index contributed by atoms with van der Waals surface area (Å²) in [4.78, 5) is 12.0. The minimum Gasteiger partial charge on any atom is -0.452 e. The summed E-state index contributed by atoms with van der Waals surface area (Å²) in [7, 11) is 1.29. The van der Waals surface area contributed by atoms with Crippen molar-refractivity contribution in [3.63, 3.8) is 0 Å². The van der Waals surface area contributed by atoms with Crippen molar-refractivity contribution in [1.29, 1.82) is 0 Å². The number of aliphatic hydroxyl groups is 1. The van der Waals surface area contributed by atoms with E-state index >= 15 is 0 Å². The molecule has 0 aromatic heterocycles. The summed E-state index contributed by atoms with van der Waals surface area (Å²) in [5.74, 6) is -0.668. The molecule has 1 saturated heterocycles. The third-order valence-electron chi connectivity index (χ3n) is 3.29. The second kappa shape index (κ2) is 5.87. The number of carbonyl (C=O) groups excluding carboxylic acids is 1. The Morgan fingerprint density at radius 3 is 2.65 bits per heavy atom. The molecule has 0 aliphatic carbocycles. The van der Waals surface area contributed by atoms with Crippen molar-refractivity contribution in [2.24, 2.45) is 0 Å². The molecule has 0 radical (unpaired) electrons. The number of rotatable bonds is 4. The van der Waals surface area contributed by atoms with Gasteiger partial charge in [0.25, 0.3) is 0 Å². The summed E-state index contributed by atoms with van der Waals surface area (Å²) in [5, 5.41) is 9.23. The fourth-order valence-corrected chi connectivity index (χ4v) is 2.23. The number of esters is 1. The molecule has 1 aromatic carbocycles. The van der Waals surface area contributed by atoms with Gasteiger partial charge in [-0.1, -0.05) is 18.2 Å². The Morgan fingerprint density at radius 1 is 1.45 bits per heavy atom. The zero-order valence-electron chi connectivity index (χ0n) is 11.3. The first-order valence-corrected chi connectivity index (χ1v) is 6.24. The standard InChI is InChI=1S/C14H17FO5/c1-14(15)11(10(8-16)19-13(14)18-2)20-12(17)9-6-4-3-5-7-9/h3-7,10-11,13,16H,8H2,1-2H3/t10-,11-,13-,14?/m1/s1. The molecular formula is C14H17FO5. The van der Waals surface area contributed by atoms with Gasteiger partial charge in [-0.2, -0.15) is 0 Å². The predicted octanol–water partition coefficient (Wildman–Crippen LogP) is 1.30. The van der Waals surface area contributed by atoms with Crippen LogP contribution >= 0.6 is 0 Å². The highest BCUT2D eigenvalue weighted by molar-refractivity contribution is 5.89. The quantitative estimate of drug-likeness (QED) is 0.844. The molecule has 0 bridgehead atoms. The van der Waals surface area contributed by atoms with E-state index in [1.54, 1.807) is 30.3 Å². The van der Waals surface area contributed by atoms with E-state index < -0.39 is 36.7 Å². The Kier molecular flexibility index (Phi) is 4.37. The van der Waals surface area contributed by atoms with Crippen LogP contribution in [0.5, 0.6) is 0 Å². The van der Waals surface area contributed by atoms with E-state index in [1.165, 1.54) is 14.0 Å². The Hall–Kier alpha value is -1.50. The lowest BCUT2D eigenvalue weighted by Gasteiger charge is -2.26. The van der Waals surface area contributed by atoms with Gasteiger partial charge in [0, 0.05) is 7.11 Å². The maximum atomic E-state index is 14.6. The van der Waals surface area contributed by atoms with Gasteiger partial charge in [0.2, 0.25) is 0 Å². The Balaban J connectivity index is 2.16. The van der Waals surface area contributed by atoms with Gasteiger partial charge in [0.15, 0.2) is 18.1 Å². The van der Waals surface area contributed by atoms with Crippen molar-refractivity contribution in [1.82, 2.24) is 0 Å². The maximum Gasteiger partial charge on any atom is 0.338 e. The fraction of sp³-hybridized carbons (Fsp3) is 0.500. The number of alkyl halides is 1. The number of aliphatic hydroxyl groups excluding tert-OH is 1. The molecule has 1 aromatic rings. The molecule has 0 amide bonds. The first-order valence-electron chi connectivity index (χ1n) is 6.24. The summed E-state index contributed by atoms with van der Waals surface area (Å²) in [5.41, 5.74) is -1.73. The van der Waals surface area contributed by atoms with Gasteiger partial charge in [-0.05, 0) is 19.1 Å². The monoisotopic (exact) mass is 284 g/mol. The molecule has 0 spiro atoms. The number of carbonyl (C=O) groups is 1. The second-order valence-electron chi connectivity index (χ2n) is 4.77. The largest absolute Gasteiger partial charge is 0.452 e. The van der Waals surface area contributed by atoms with Gasteiger partial charge >= 0.3 is 5.97 Å². The van der Waals surface area contributed by atoms with Crippen LogP contribution in [0.1, 0.15) is 17.3 Å². The van der Waals surface area contributed by atoms with Crippen LogP contribution in [-0.2, 0) is 14.2 Å². The molecule has 110 valence electrons. The zero-order chi connectivity index (χ0) is 14.8. The van der Waals surface area contributed by atoms with E-state index in [0.29, 0.717) is 5.56 Å². The number of hydrogen-bond acceptors (Lipinski definition) is 5. The SMILES string of the molecule is CO[C@@H]1O[C@H](CO)[C@@H](OC(=O)c2ccccc2)C1(C)F. The maximum absolute atomic E-state index is 14.6. The van der Waals surface area contributed by atoms with Crippen molar-refractivity contribution in [2.45, 2.75) is 31.1 Å². The molecule has 5 nitrogen and oxygen atoms in total. The zero-order valence-corrected chi connectivity index (χ0v) is 11.3. The van der Waals surface area contributed by atoms with Crippen LogP contribution < -0.4 is 0 Å². The van der Waals surface area contributed by atoms with Crippen LogP contribution in [0.2, 0.25) is 0 Å². The molecule has 20 heavy (non-hydrogen) atoms. The van der Waals surface area contributed by atoms with Crippen LogP contribution in [0, 0.1) is 0 Å². The van der Waals surface area contributed by atoms with Crippen molar-refractivity contribution in [3.05, 3.63) is 35.9 Å². The lowest BCUT2D eigenvalue weighted by Crippen LogP contribution is -2.45. The van der Waals surface area contributed by atoms with Crippen molar-refractivity contribution >= 4 is 5.97 Å². The lowest BCUT2D eigenvalue weighted by atomic mass is 9.99. The average molecular weight is 284 g/mol. The van der Waals surface area contributed by atoms with Gasteiger partial charge in [-0.15, -0.1) is 0 Å². The highest BCUT2D eigenvalue weighted by Gasteiger charge is 2.57. The van der Waals surface area contributed by atoms with Crippen LogP contribution in [0.4, 0.5) is 4.39 Å². The van der Waals surface area contributed by atoms with E-state index in [2.05, 4.69) is 0 Å². The fourth-order valence-electron chi connectivity index (χ4n) is 2.23.